The molecule has 0 aromatic heterocycles. The number of piperidine rings is 1. The molecule has 0 spiro atoms. The van der Waals surface area contributed by atoms with Crippen LogP contribution >= 0.6 is 11.6 Å². The van der Waals surface area contributed by atoms with Gasteiger partial charge in [-0.05, 0) is 49.9 Å². The van der Waals surface area contributed by atoms with Gasteiger partial charge in [0.2, 0.25) is 5.91 Å². The van der Waals surface area contributed by atoms with Crippen molar-refractivity contribution in [2.45, 2.75) is 31.6 Å². The van der Waals surface area contributed by atoms with Crippen molar-refractivity contribution in [3.63, 3.8) is 0 Å². The molecule has 3 rings (SSSR count). The van der Waals surface area contributed by atoms with Gasteiger partial charge in [-0.3, -0.25) is 19.2 Å². The van der Waals surface area contributed by atoms with Gasteiger partial charge in [0.05, 0.1) is 22.6 Å². The van der Waals surface area contributed by atoms with Crippen molar-refractivity contribution in [2.24, 2.45) is 5.92 Å². The summed E-state index contributed by atoms with van der Waals surface area (Å²) in [6.45, 7) is 4.22. The van der Waals surface area contributed by atoms with Gasteiger partial charge < -0.3 is 9.64 Å². The highest BCUT2D eigenvalue weighted by Gasteiger charge is 2.33. The fourth-order valence-corrected chi connectivity index (χ4v) is 5.32. The molecule has 11 heteroatoms. The maximum atomic E-state index is 13.7. The van der Waals surface area contributed by atoms with Crippen LogP contribution in [0.25, 0.3) is 0 Å². The lowest BCUT2D eigenvalue weighted by molar-refractivity contribution is -0.385. The summed E-state index contributed by atoms with van der Waals surface area (Å²) in [5, 5.41) is 11.6. The summed E-state index contributed by atoms with van der Waals surface area (Å²) >= 11 is 6.14. The molecule has 1 heterocycles. The van der Waals surface area contributed by atoms with Gasteiger partial charge in [-0.2, -0.15) is 0 Å². The number of rotatable bonds is 7. The second-order valence-electron chi connectivity index (χ2n) is 8.10. The highest BCUT2D eigenvalue weighted by Crippen LogP contribution is 2.36. The lowest BCUT2D eigenvalue weighted by Crippen LogP contribution is -2.45. The summed E-state index contributed by atoms with van der Waals surface area (Å²) in [6, 6.07) is 8.10. The number of benzene rings is 2. The van der Waals surface area contributed by atoms with E-state index in [4.69, 9.17) is 16.3 Å². The molecule has 1 aliphatic heterocycles. The van der Waals surface area contributed by atoms with E-state index in [9.17, 15) is 23.3 Å². The molecule has 33 heavy (non-hydrogen) atoms. The van der Waals surface area contributed by atoms with Crippen LogP contribution in [0.15, 0.2) is 41.3 Å². The number of hydrogen-bond acceptors (Lipinski definition) is 6. The SMILES string of the molecule is COc1ccc(Cl)cc1N(CC(=O)N1CCC(C)CC1)S(=O)(=O)c1ccc(C)c([N+](=O)[O-])c1. The molecule has 1 aliphatic rings. The van der Waals surface area contributed by atoms with Gasteiger partial charge >= 0.3 is 0 Å². The molecule has 9 nitrogen and oxygen atoms in total. The molecular weight excluding hydrogens is 470 g/mol. The summed E-state index contributed by atoms with van der Waals surface area (Å²) < 4.78 is 33.7. The Hall–Kier alpha value is -2.85. The molecular formula is C22H26ClN3O6S. The third-order valence-electron chi connectivity index (χ3n) is 5.79. The number of nitro groups is 1. The summed E-state index contributed by atoms with van der Waals surface area (Å²) in [5.41, 5.74) is 0.0710. The monoisotopic (exact) mass is 495 g/mol. The van der Waals surface area contributed by atoms with Gasteiger partial charge in [-0.15, -0.1) is 0 Å². The minimum atomic E-state index is -4.38. The van der Waals surface area contributed by atoms with E-state index < -0.39 is 21.5 Å². The van der Waals surface area contributed by atoms with Crippen LogP contribution in [0.4, 0.5) is 11.4 Å². The number of halogens is 1. The fraction of sp³-hybridized carbons (Fsp3) is 0.409. The molecule has 0 unspecified atom stereocenters. The molecule has 0 radical (unpaired) electrons. The molecule has 1 fully saturated rings. The van der Waals surface area contributed by atoms with Crippen LogP contribution in [0.2, 0.25) is 5.02 Å². The zero-order valence-corrected chi connectivity index (χ0v) is 20.2. The van der Waals surface area contributed by atoms with Crippen LogP contribution in [0.3, 0.4) is 0 Å². The largest absolute Gasteiger partial charge is 0.495 e. The molecule has 0 N–H and O–H groups in total. The number of amides is 1. The Labute approximate surface area is 198 Å². The van der Waals surface area contributed by atoms with Crippen molar-refractivity contribution < 1.29 is 22.9 Å². The predicted octanol–water partition coefficient (Wildman–Crippen LogP) is 4.02. The maximum absolute atomic E-state index is 13.7. The van der Waals surface area contributed by atoms with Crippen molar-refractivity contribution in [2.75, 3.05) is 31.0 Å². The van der Waals surface area contributed by atoms with E-state index in [1.54, 1.807) is 11.0 Å². The van der Waals surface area contributed by atoms with Gasteiger partial charge in [-0.1, -0.05) is 24.6 Å². The lowest BCUT2D eigenvalue weighted by Gasteiger charge is -2.33. The second-order valence-corrected chi connectivity index (χ2v) is 10.4. The minimum Gasteiger partial charge on any atom is -0.495 e. The van der Waals surface area contributed by atoms with E-state index in [-0.39, 0.29) is 32.9 Å². The van der Waals surface area contributed by atoms with Crippen molar-refractivity contribution >= 4 is 38.9 Å². The molecule has 0 aliphatic carbocycles. The van der Waals surface area contributed by atoms with E-state index in [1.807, 2.05) is 0 Å². The Morgan fingerprint density at radius 1 is 1.24 bits per heavy atom. The standard InChI is InChI=1S/C22H26ClN3O6S/c1-15-8-10-24(11-9-15)22(27)14-25(20-12-17(23)5-7-21(20)32-3)33(30,31)18-6-4-16(2)19(13-18)26(28)29/h4-7,12-13,15H,8-11,14H2,1-3H3. The highest BCUT2D eigenvalue weighted by atomic mass is 35.5. The number of anilines is 1. The zero-order chi connectivity index (χ0) is 24.3. The van der Waals surface area contributed by atoms with Gasteiger partial charge in [0.15, 0.2) is 0 Å². The Kier molecular flexibility index (Phi) is 7.48. The van der Waals surface area contributed by atoms with E-state index in [2.05, 4.69) is 6.92 Å². The Morgan fingerprint density at radius 2 is 1.91 bits per heavy atom. The van der Waals surface area contributed by atoms with E-state index in [1.165, 1.54) is 38.3 Å². The number of likely N-dealkylation sites (tertiary alicyclic amines) is 1. The number of hydrogen-bond donors (Lipinski definition) is 0. The fourth-order valence-electron chi connectivity index (χ4n) is 3.71. The lowest BCUT2D eigenvalue weighted by atomic mass is 9.99. The Bertz CT molecular complexity index is 1160. The molecule has 178 valence electrons. The van der Waals surface area contributed by atoms with Crippen LogP contribution in [0.5, 0.6) is 5.75 Å². The summed E-state index contributed by atoms with van der Waals surface area (Å²) in [5.74, 6) is 0.328. The van der Waals surface area contributed by atoms with Crippen LogP contribution < -0.4 is 9.04 Å². The first kappa shape index (κ1) is 24.8. The summed E-state index contributed by atoms with van der Waals surface area (Å²) in [7, 11) is -3.00. The van der Waals surface area contributed by atoms with Gasteiger partial charge in [0.1, 0.15) is 12.3 Å². The molecule has 0 bridgehead atoms. The quantitative estimate of drug-likeness (QED) is 0.424. The van der Waals surface area contributed by atoms with Crippen LogP contribution in [-0.4, -0.2) is 50.9 Å². The minimum absolute atomic E-state index is 0.0759. The summed E-state index contributed by atoms with van der Waals surface area (Å²) in [6.07, 6.45) is 1.67. The van der Waals surface area contributed by atoms with Crippen LogP contribution in [0.1, 0.15) is 25.3 Å². The van der Waals surface area contributed by atoms with Gasteiger partial charge in [0, 0.05) is 29.7 Å². The number of nitrogens with zero attached hydrogens (tertiary/aromatic N) is 3. The third kappa shape index (κ3) is 5.39. The first-order valence-electron chi connectivity index (χ1n) is 10.4. The Morgan fingerprint density at radius 3 is 2.52 bits per heavy atom. The van der Waals surface area contributed by atoms with E-state index >= 15 is 0 Å². The second kappa shape index (κ2) is 9.96. The number of ether oxygens (including phenoxy) is 1. The number of carbonyl (C=O) groups is 1. The van der Waals surface area contributed by atoms with Crippen molar-refractivity contribution in [1.29, 1.82) is 0 Å². The molecule has 0 saturated carbocycles. The highest BCUT2D eigenvalue weighted by molar-refractivity contribution is 7.92. The van der Waals surface area contributed by atoms with Crippen molar-refractivity contribution in [3.8, 4) is 5.75 Å². The smallest absolute Gasteiger partial charge is 0.273 e. The first-order chi connectivity index (χ1) is 15.5. The average molecular weight is 496 g/mol. The number of nitro benzene ring substituents is 1. The number of aryl methyl sites for hydroxylation is 1. The molecule has 1 saturated heterocycles. The number of methoxy groups -OCH3 is 1. The topological polar surface area (TPSA) is 110 Å². The van der Waals surface area contributed by atoms with Gasteiger partial charge in [-0.25, -0.2) is 8.42 Å². The zero-order valence-electron chi connectivity index (χ0n) is 18.7. The van der Waals surface area contributed by atoms with Crippen LogP contribution in [0, 0.1) is 23.0 Å². The van der Waals surface area contributed by atoms with Crippen molar-refractivity contribution in [3.05, 3.63) is 57.1 Å². The summed E-state index contributed by atoms with van der Waals surface area (Å²) in [4.78, 5) is 25.2. The molecule has 2 aromatic rings. The van der Waals surface area contributed by atoms with E-state index in [0.29, 0.717) is 24.6 Å². The molecule has 1 amide bonds. The van der Waals surface area contributed by atoms with Gasteiger partial charge in [0.25, 0.3) is 15.7 Å². The maximum Gasteiger partial charge on any atom is 0.273 e. The van der Waals surface area contributed by atoms with Crippen molar-refractivity contribution in [1.82, 2.24) is 4.90 Å². The number of carbonyl (C=O) groups excluding carboxylic acids is 1. The first-order valence-corrected chi connectivity index (χ1v) is 12.3. The average Bonchev–Trinajstić information content (AvgIpc) is 2.77. The third-order valence-corrected chi connectivity index (χ3v) is 7.78. The van der Waals surface area contributed by atoms with Crippen LogP contribution in [-0.2, 0) is 14.8 Å². The molecule has 0 atom stereocenters. The number of sulfonamides is 1. The van der Waals surface area contributed by atoms with E-state index in [0.717, 1.165) is 23.2 Å². The normalized spacial score (nSPS) is 14.7. The Balaban J connectivity index is 2.09. The molecule has 2 aromatic carbocycles. The predicted molar refractivity (Wildman–Crippen MR) is 125 cm³/mol.